The third-order valence-corrected chi connectivity index (χ3v) is 3.20. The number of H-pyrrole nitrogens is 1. The van der Waals surface area contributed by atoms with Gasteiger partial charge in [-0.2, -0.15) is 10.2 Å². The van der Waals surface area contributed by atoms with E-state index in [-0.39, 0.29) is 5.91 Å². The van der Waals surface area contributed by atoms with Crippen LogP contribution in [0.1, 0.15) is 27.6 Å². The van der Waals surface area contributed by atoms with Gasteiger partial charge in [0.25, 0.3) is 5.91 Å². The second-order valence-electron chi connectivity index (χ2n) is 4.87. The summed E-state index contributed by atoms with van der Waals surface area (Å²) in [6, 6.07) is 9.49. The number of hydrogen-bond donors (Lipinski definition) is 2. The van der Waals surface area contributed by atoms with Crippen molar-refractivity contribution in [3.63, 3.8) is 0 Å². The van der Waals surface area contributed by atoms with Crippen LogP contribution in [0.2, 0.25) is 0 Å². The Bertz CT molecular complexity index is 776. The van der Waals surface area contributed by atoms with E-state index in [0.717, 1.165) is 22.6 Å². The van der Waals surface area contributed by atoms with Crippen molar-refractivity contribution in [1.29, 1.82) is 0 Å². The zero-order valence-electron chi connectivity index (χ0n) is 11.8. The molecule has 3 aromatic rings. The first-order valence-corrected chi connectivity index (χ1v) is 6.66. The van der Waals surface area contributed by atoms with Crippen molar-refractivity contribution in [2.75, 3.05) is 0 Å². The quantitative estimate of drug-likeness (QED) is 0.768. The first-order chi connectivity index (χ1) is 10.1. The van der Waals surface area contributed by atoms with Gasteiger partial charge in [0.05, 0.1) is 34.5 Å². The second kappa shape index (κ2) is 5.32. The van der Waals surface area contributed by atoms with Crippen LogP contribution in [0.25, 0.3) is 11.0 Å². The van der Waals surface area contributed by atoms with Crippen LogP contribution < -0.4 is 5.32 Å². The van der Waals surface area contributed by atoms with E-state index in [2.05, 4.69) is 25.5 Å². The molecule has 0 aliphatic heterocycles. The number of aryl methyl sites for hydroxylation is 2. The molecule has 0 saturated carbocycles. The highest BCUT2D eigenvalue weighted by atomic mass is 16.1. The molecular formula is C15H15N5O. The molecule has 0 spiro atoms. The molecule has 6 heteroatoms. The van der Waals surface area contributed by atoms with Crippen molar-refractivity contribution in [2.45, 2.75) is 20.4 Å². The van der Waals surface area contributed by atoms with Crippen molar-refractivity contribution in [1.82, 2.24) is 25.5 Å². The summed E-state index contributed by atoms with van der Waals surface area (Å²) in [4.78, 5) is 19.8. The number of nitrogens with zero attached hydrogens (tertiary/aromatic N) is 3. The Morgan fingerprint density at radius 1 is 1.24 bits per heavy atom. The van der Waals surface area contributed by atoms with E-state index in [9.17, 15) is 4.79 Å². The molecule has 3 rings (SSSR count). The summed E-state index contributed by atoms with van der Waals surface area (Å²) < 4.78 is 0. The van der Waals surface area contributed by atoms with Gasteiger partial charge < -0.3 is 10.3 Å². The number of imidazole rings is 1. The van der Waals surface area contributed by atoms with Crippen molar-refractivity contribution >= 4 is 16.9 Å². The third kappa shape index (κ3) is 2.74. The first-order valence-electron chi connectivity index (χ1n) is 6.66. The van der Waals surface area contributed by atoms with Gasteiger partial charge in [0, 0.05) is 0 Å². The summed E-state index contributed by atoms with van der Waals surface area (Å²) >= 11 is 0. The normalized spacial score (nSPS) is 10.8. The smallest absolute Gasteiger partial charge is 0.253 e. The van der Waals surface area contributed by atoms with Crippen LogP contribution in [0.3, 0.4) is 0 Å². The number of nitrogens with one attached hydrogen (secondary N) is 2. The topological polar surface area (TPSA) is 83.6 Å². The van der Waals surface area contributed by atoms with E-state index >= 15 is 0 Å². The maximum Gasteiger partial charge on any atom is 0.253 e. The molecule has 0 aliphatic rings. The molecule has 1 amide bonds. The standard InChI is InChI=1S/C15H15N5O/c1-9-7-11(10(2)20-19-9)15(21)16-8-14-17-12-5-3-4-6-13(12)18-14/h3-7H,8H2,1-2H3,(H,16,21)(H,17,18). The lowest BCUT2D eigenvalue weighted by Gasteiger charge is -2.05. The van der Waals surface area contributed by atoms with Gasteiger partial charge in [0.15, 0.2) is 0 Å². The maximum absolute atomic E-state index is 12.2. The van der Waals surface area contributed by atoms with E-state index in [1.165, 1.54) is 0 Å². The summed E-state index contributed by atoms with van der Waals surface area (Å²) in [6.45, 7) is 3.92. The molecule has 6 nitrogen and oxygen atoms in total. The average Bonchev–Trinajstić information content (AvgIpc) is 2.90. The molecule has 2 N–H and O–H groups in total. The zero-order chi connectivity index (χ0) is 14.8. The fraction of sp³-hybridized carbons (Fsp3) is 0.200. The molecule has 0 bridgehead atoms. The van der Waals surface area contributed by atoms with Gasteiger partial charge in [0.1, 0.15) is 5.82 Å². The minimum Gasteiger partial charge on any atom is -0.345 e. The van der Waals surface area contributed by atoms with Gasteiger partial charge in [-0.15, -0.1) is 0 Å². The Morgan fingerprint density at radius 3 is 2.86 bits per heavy atom. The Labute approximate surface area is 121 Å². The number of amides is 1. The van der Waals surface area contributed by atoms with E-state index in [0.29, 0.717) is 17.8 Å². The highest BCUT2D eigenvalue weighted by Crippen LogP contribution is 2.10. The minimum atomic E-state index is -0.175. The highest BCUT2D eigenvalue weighted by Gasteiger charge is 2.11. The van der Waals surface area contributed by atoms with Crippen LogP contribution in [0.4, 0.5) is 0 Å². The summed E-state index contributed by atoms with van der Waals surface area (Å²) in [7, 11) is 0. The van der Waals surface area contributed by atoms with Crippen LogP contribution >= 0.6 is 0 Å². The predicted octanol–water partition coefficient (Wildman–Crippen LogP) is 1.90. The van der Waals surface area contributed by atoms with E-state index in [4.69, 9.17) is 0 Å². The molecule has 0 unspecified atom stereocenters. The van der Waals surface area contributed by atoms with Gasteiger partial charge in [-0.3, -0.25) is 4.79 Å². The monoisotopic (exact) mass is 281 g/mol. The van der Waals surface area contributed by atoms with Gasteiger partial charge in [-0.05, 0) is 32.0 Å². The molecule has 0 atom stereocenters. The van der Waals surface area contributed by atoms with Crippen molar-refractivity contribution in [3.05, 3.63) is 53.1 Å². The number of carbonyl (C=O) groups excluding carboxylic acids is 1. The van der Waals surface area contributed by atoms with Crippen molar-refractivity contribution < 1.29 is 4.79 Å². The molecule has 21 heavy (non-hydrogen) atoms. The SMILES string of the molecule is Cc1cc(C(=O)NCc2nc3ccccc3[nH]2)c(C)nn1. The highest BCUT2D eigenvalue weighted by molar-refractivity contribution is 5.95. The molecule has 2 aromatic heterocycles. The summed E-state index contributed by atoms with van der Waals surface area (Å²) in [5.74, 6) is 0.548. The maximum atomic E-state index is 12.2. The molecule has 106 valence electrons. The largest absolute Gasteiger partial charge is 0.345 e. The zero-order valence-corrected chi connectivity index (χ0v) is 11.8. The second-order valence-corrected chi connectivity index (χ2v) is 4.87. The number of rotatable bonds is 3. The summed E-state index contributed by atoms with van der Waals surface area (Å²) in [5, 5.41) is 10.7. The lowest BCUT2D eigenvalue weighted by molar-refractivity contribution is 0.0948. The van der Waals surface area contributed by atoms with E-state index < -0.39 is 0 Å². The lowest BCUT2D eigenvalue weighted by Crippen LogP contribution is -2.24. The molecule has 0 aliphatic carbocycles. The Hall–Kier alpha value is -2.76. The number of fused-ring (bicyclic) bond motifs is 1. The minimum absolute atomic E-state index is 0.175. The molecule has 0 radical (unpaired) electrons. The number of aromatic amines is 1. The number of hydrogen-bond acceptors (Lipinski definition) is 4. The Balaban J connectivity index is 1.74. The average molecular weight is 281 g/mol. The van der Waals surface area contributed by atoms with Crippen molar-refractivity contribution in [3.8, 4) is 0 Å². The predicted molar refractivity (Wildman–Crippen MR) is 78.8 cm³/mol. The first kappa shape index (κ1) is 13.2. The summed E-state index contributed by atoms with van der Waals surface area (Å²) in [6.07, 6.45) is 0. The fourth-order valence-corrected chi connectivity index (χ4v) is 2.13. The van der Waals surface area contributed by atoms with Crippen LogP contribution in [0.5, 0.6) is 0 Å². The Kier molecular flexibility index (Phi) is 3.35. The van der Waals surface area contributed by atoms with E-state index in [1.54, 1.807) is 13.0 Å². The summed E-state index contributed by atoms with van der Waals surface area (Å²) in [5.41, 5.74) is 3.72. The number of aromatic nitrogens is 4. The van der Waals surface area contributed by atoms with Crippen LogP contribution in [-0.4, -0.2) is 26.1 Å². The van der Waals surface area contributed by atoms with Gasteiger partial charge >= 0.3 is 0 Å². The van der Waals surface area contributed by atoms with Gasteiger partial charge in [0.2, 0.25) is 0 Å². The molecular weight excluding hydrogens is 266 g/mol. The molecule has 0 fully saturated rings. The van der Waals surface area contributed by atoms with E-state index in [1.807, 2.05) is 31.2 Å². The number of carbonyl (C=O) groups is 1. The molecule has 1 aromatic carbocycles. The third-order valence-electron chi connectivity index (χ3n) is 3.20. The van der Waals surface area contributed by atoms with Crippen LogP contribution in [-0.2, 0) is 6.54 Å². The van der Waals surface area contributed by atoms with Crippen LogP contribution in [0.15, 0.2) is 30.3 Å². The van der Waals surface area contributed by atoms with Gasteiger partial charge in [-0.1, -0.05) is 12.1 Å². The number of para-hydroxylation sites is 2. The lowest BCUT2D eigenvalue weighted by atomic mass is 10.2. The molecule has 0 saturated heterocycles. The van der Waals surface area contributed by atoms with Crippen molar-refractivity contribution in [2.24, 2.45) is 0 Å². The van der Waals surface area contributed by atoms with Gasteiger partial charge in [-0.25, -0.2) is 4.98 Å². The number of benzene rings is 1. The fourth-order valence-electron chi connectivity index (χ4n) is 2.13. The molecule has 2 heterocycles. The Morgan fingerprint density at radius 2 is 2.05 bits per heavy atom. The van der Waals surface area contributed by atoms with Crippen LogP contribution in [0, 0.1) is 13.8 Å².